The summed E-state index contributed by atoms with van der Waals surface area (Å²) in [6.45, 7) is 8.65. The van der Waals surface area contributed by atoms with Crippen molar-refractivity contribution in [1.82, 2.24) is 9.88 Å². The van der Waals surface area contributed by atoms with Gasteiger partial charge in [0.2, 0.25) is 0 Å². The molecule has 0 aliphatic rings. The normalized spacial score (nSPS) is 14.7. The lowest BCUT2D eigenvalue weighted by Crippen LogP contribution is -2.47. The Morgan fingerprint density at radius 3 is 2.39 bits per heavy atom. The minimum atomic E-state index is 0.279. The highest BCUT2D eigenvalue weighted by molar-refractivity contribution is 5.09. The Hall–Kier alpha value is -0.930. The number of nitrogens with two attached hydrogens (primary N) is 1. The summed E-state index contributed by atoms with van der Waals surface area (Å²) in [6, 6.07) is 4.92. The average Bonchev–Trinajstić information content (AvgIpc) is 2.40. The molecule has 0 aliphatic carbocycles. The first-order chi connectivity index (χ1) is 8.72. The summed E-state index contributed by atoms with van der Waals surface area (Å²) in [5.41, 5.74) is 7.63. The lowest BCUT2D eigenvalue weighted by atomic mass is 9.99. The summed E-state index contributed by atoms with van der Waals surface area (Å²) in [7, 11) is 0. The quantitative estimate of drug-likeness (QED) is 0.770. The second-order valence-corrected chi connectivity index (χ2v) is 4.85. The Kier molecular flexibility index (Phi) is 6.91. The second kappa shape index (κ2) is 8.22. The van der Waals surface area contributed by atoms with Gasteiger partial charge in [0, 0.05) is 31.0 Å². The maximum atomic E-state index is 6.32. The average molecular weight is 249 g/mol. The van der Waals surface area contributed by atoms with Gasteiger partial charge < -0.3 is 5.73 Å². The molecule has 0 fully saturated rings. The van der Waals surface area contributed by atoms with Gasteiger partial charge in [-0.05, 0) is 37.1 Å². The minimum Gasteiger partial charge on any atom is -0.326 e. The Morgan fingerprint density at radius 1 is 1.22 bits per heavy atom. The Morgan fingerprint density at radius 2 is 1.89 bits per heavy atom. The van der Waals surface area contributed by atoms with Crippen molar-refractivity contribution in [1.29, 1.82) is 0 Å². The number of pyridine rings is 1. The van der Waals surface area contributed by atoms with E-state index in [2.05, 4.69) is 42.8 Å². The van der Waals surface area contributed by atoms with Crippen molar-refractivity contribution in [2.75, 3.05) is 6.54 Å². The molecule has 0 amide bonds. The van der Waals surface area contributed by atoms with Gasteiger partial charge in [0.1, 0.15) is 0 Å². The molecule has 1 aromatic rings. The summed E-state index contributed by atoms with van der Waals surface area (Å²) in [4.78, 5) is 6.55. The fourth-order valence-electron chi connectivity index (χ4n) is 2.54. The zero-order chi connectivity index (χ0) is 13.4. The van der Waals surface area contributed by atoms with Crippen molar-refractivity contribution in [3.05, 3.63) is 30.1 Å². The molecule has 102 valence electrons. The first kappa shape index (κ1) is 15.1. The largest absolute Gasteiger partial charge is 0.326 e. The predicted molar refractivity (Wildman–Crippen MR) is 77.3 cm³/mol. The number of hydrogen-bond acceptors (Lipinski definition) is 3. The van der Waals surface area contributed by atoms with Crippen LogP contribution in [0.4, 0.5) is 0 Å². The van der Waals surface area contributed by atoms with Crippen molar-refractivity contribution in [2.45, 2.75) is 58.7 Å². The third kappa shape index (κ3) is 4.39. The molecule has 3 nitrogen and oxygen atoms in total. The van der Waals surface area contributed by atoms with E-state index in [0.29, 0.717) is 6.04 Å². The minimum absolute atomic E-state index is 0.279. The highest BCUT2D eigenvalue weighted by Crippen LogP contribution is 2.15. The van der Waals surface area contributed by atoms with E-state index in [-0.39, 0.29) is 6.04 Å². The fraction of sp³-hybridized carbons (Fsp3) is 0.667. The van der Waals surface area contributed by atoms with Crippen LogP contribution in [-0.2, 0) is 6.54 Å². The molecular formula is C15H27N3. The van der Waals surface area contributed by atoms with Crippen LogP contribution < -0.4 is 5.73 Å². The first-order valence-corrected chi connectivity index (χ1v) is 7.11. The van der Waals surface area contributed by atoms with E-state index in [1.54, 1.807) is 0 Å². The molecule has 1 rings (SSSR count). The van der Waals surface area contributed by atoms with E-state index in [1.807, 2.05) is 12.4 Å². The molecule has 0 saturated carbocycles. The maximum Gasteiger partial charge on any atom is 0.0271 e. The molecular weight excluding hydrogens is 222 g/mol. The van der Waals surface area contributed by atoms with Gasteiger partial charge in [0.25, 0.3) is 0 Å². The van der Waals surface area contributed by atoms with Gasteiger partial charge >= 0.3 is 0 Å². The van der Waals surface area contributed by atoms with Gasteiger partial charge in [-0.3, -0.25) is 9.88 Å². The van der Waals surface area contributed by atoms with Gasteiger partial charge in [0.05, 0.1) is 0 Å². The number of likely N-dealkylation sites (N-methyl/N-ethyl adjacent to an activating group) is 1. The zero-order valence-corrected chi connectivity index (χ0v) is 12.0. The fourth-order valence-corrected chi connectivity index (χ4v) is 2.54. The van der Waals surface area contributed by atoms with Crippen LogP contribution in [0, 0.1) is 0 Å². The highest BCUT2D eigenvalue weighted by Gasteiger charge is 2.21. The van der Waals surface area contributed by atoms with Crippen LogP contribution in [0.15, 0.2) is 24.5 Å². The topological polar surface area (TPSA) is 42.1 Å². The molecule has 1 heterocycles. The summed E-state index contributed by atoms with van der Waals surface area (Å²) in [5, 5.41) is 0. The molecule has 2 N–H and O–H groups in total. The molecule has 0 saturated heterocycles. The van der Waals surface area contributed by atoms with Crippen LogP contribution in [0.25, 0.3) is 0 Å². The molecule has 0 bridgehead atoms. The second-order valence-electron chi connectivity index (χ2n) is 4.85. The van der Waals surface area contributed by atoms with Crippen LogP contribution in [0.3, 0.4) is 0 Å². The molecule has 18 heavy (non-hydrogen) atoms. The van der Waals surface area contributed by atoms with E-state index in [9.17, 15) is 0 Å². The van der Waals surface area contributed by atoms with Crippen molar-refractivity contribution in [3.8, 4) is 0 Å². The predicted octanol–water partition coefficient (Wildman–Crippen LogP) is 2.81. The lowest BCUT2D eigenvalue weighted by Gasteiger charge is -2.34. The van der Waals surface area contributed by atoms with Crippen LogP contribution in [0.2, 0.25) is 0 Å². The molecule has 0 aliphatic heterocycles. The number of hydrogen-bond donors (Lipinski definition) is 1. The summed E-state index contributed by atoms with van der Waals surface area (Å²) >= 11 is 0. The molecule has 3 heteroatoms. The van der Waals surface area contributed by atoms with Crippen LogP contribution in [0.1, 0.15) is 45.6 Å². The first-order valence-electron chi connectivity index (χ1n) is 7.11. The summed E-state index contributed by atoms with van der Waals surface area (Å²) < 4.78 is 0. The molecule has 0 spiro atoms. The molecule has 1 aromatic heterocycles. The van der Waals surface area contributed by atoms with E-state index in [4.69, 9.17) is 5.73 Å². The number of aromatic nitrogens is 1. The van der Waals surface area contributed by atoms with Crippen molar-refractivity contribution >= 4 is 0 Å². The zero-order valence-electron chi connectivity index (χ0n) is 12.0. The standard InChI is InChI=1S/C15H27N3/c1-4-7-14(16)15(5-2)18(6-3)12-13-8-10-17-11-9-13/h8-11,14-15H,4-7,12,16H2,1-3H3. The van der Waals surface area contributed by atoms with E-state index in [1.165, 1.54) is 5.56 Å². The van der Waals surface area contributed by atoms with Gasteiger partial charge in [-0.2, -0.15) is 0 Å². The Labute approximate surface area is 111 Å². The Balaban J connectivity index is 2.68. The van der Waals surface area contributed by atoms with E-state index < -0.39 is 0 Å². The SMILES string of the molecule is CCCC(N)C(CC)N(CC)Cc1ccncc1. The van der Waals surface area contributed by atoms with Crippen LogP contribution in [0.5, 0.6) is 0 Å². The van der Waals surface area contributed by atoms with Gasteiger partial charge in [-0.15, -0.1) is 0 Å². The summed E-state index contributed by atoms with van der Waals surface area (Å²) in [6.07, 6.45) is 7.09. The summed E-state index contributed by atoms with van der Waals surface area (Å²) in [5.74, 6) is 0. The van der Waals surface area contributed by atoms with Gasteiger partial charge in [-0.1, -0.05) is 27.2 Å². The van der Waals surface area contributed by atoms with Crippen LogP contribution in [-0.4, -0.2) is 28.5 Å². The number of rotatable bonds is 8. The molecule has 2 atom stereocenters. The van der Waals surface area contributed by atoms with Crippen molar-refractivity contribution in [3.63, 3.8) is 0 Å². The molecule has 0 aromatic carbocycles. The monoisotopic (exact) mass is 249 g/mol. The maximum absolute atomic E-state index is 6.32. The third-order valence-electron chi connectivity index (χ3n) is 3.54. The third-order valence-corrected chi connectivity index (χ3v) is 3.54. The lowest BCUT2D eigenvalue weighted by molar-refractivity contribution is 0.161. The molecule has 2 unspecified atom stereocenters. The van der Waals surface area contributed by atoms with Crippen LogP contribution >= 0.6 is 0 Å². The van der Waals surface area contributed by atoms with E-state index in [0.717, 1.165) is 32.4 Å². The van der Waals surface area contributed by atoms with Crippen molar-refractivity contribution in [2.24, 2.45) is 5.73 Å². The number of nitrogens with zero attached hydrogens (tertiary/aromatic N) is 2. The Bertz CT molecular complexity index is 313. The van der Waals surface area contributed by atoms with Crippen molar-refractivity contribution < 1.29 is 0 Å². The molecule has 0 radical (unpaired) electrons. The smallest absolute Gasteiger partial charge is 0.0271 e. The highest BCUT2D eigenvalue weighted by atomic mass is 15.2. The van der Waals surface area contributed by atoms with Gasteiger partial charge in [-0.25, -0.2) is 0 Å². The van der Waals surface area contributed by atoms with Gasteiger partial charge in [0.15, 0.2) is 0 Å². The van der Waals surface area contributed by atoms with E-state index >= 15 is 0 Å².